The summed E-state index contributed by atoms with van der Waals surface area (Å²) in [5.74, 6) is 0.641. The maximum atomic E-state index is 6.52. The van der Waals surface area contributed by atoms with E-state index in [0.29, 0.717) is 12.0 Å². The van der Waals surface area contributed by atoms with E-state index in [1.54, 1.807) is 0 Å². The number of anilines is 1. The molecule has 2 rings (SSSR count). The molecule has 1 heterocycles. The molecular formula is C12H18ClN2P. The van der Waals surface area contributed by atoms with Gasteiger partial charge in [0, 0.05) is 18.3 Å². The number of likely N-dealkylation sites (N-methyl/N-ethyl adjacent to an activating group) is 1. The zero-order valence-electron chi connectivity index (χ0n) is 9.97. The van der Waals surface area contributed by atoms with Gasteiger partial charge in [0.2, 0.25) is 0 Å². The van der Waals surface area contributed by atoms with Gasteiger partial charge in [0.05, 0.1) is 0 Å². The van der Waals surface area contributed by atoms with Crippen molar-refractivity contribution in [2.45, 2.75) is 19.9 Å². The van der Waals surface area contributed by atoms with Crippen LogP contribution in [-0.4, -0.2) is 24.3 Å². The second-order valence-corrected chi connectivity index (χ2v) is 7.05. The highest BCUT2D eigenvalue weighted by Crippen LogP contribution is 2.56. The highest BCUT2D eigenvalue weighted by atomic mass is 35.7. The van der Waals surface area contributed by atoms with Crippen molar-refractivity contribution >= 4 is 24.5 Å². The van der Waals surface area contributed by atoms with E-state index in [9.17, 15) is 0 Å². The van der Waals surface area contributed by atoms with Gasteiger partial charge in [0.15, 0.2) is 7.58 Å². The fourth-order valence-electron chi connectivity index (χ4n) is 2.10. The van der Waals surface area contributed by atoms with Crippen LogP contribution in [0, 0.1) is 5.92 Å². The van der Waals surface area contributed by atoms with Crippen molar-refractivity contribution in [2.24, 2.45) is 5.92 Å². The Hall–Kier alpha value is -0.300. The van der Waals surface area contributed by atoms with Crippen LogP contribution in [0.15, 0.2) is 30.3 Å². The van der Waals surface area contributed by atoms with Crippen LogP contribution in [0.5, 0.6) is 0 Å². The zero-order valence-corrected chi connectivity index (χ0v) is 11.6. The number of benzene rings is 1. The van der Waals surface area contributed by atoms with E-state index in [1.807, 2.05) is 6.07 Å². The number of hydrogen-bond acceptors (Lipinski definition) is 2. The fourth-order valence-corrected chi connectivity index (χ4v) is 4.43. The van der Waals surface area contributed by atoms with Crippen molar-refractivity contribution in [3.8, 4) is 0 Å². The van der Waals surface area contributed by atoms with Gasteiger partial charge in [0.25, 0.3) is 0 Å². The summed E-state index contributed by atoms with van der Waals surface area (Å²) in [6.45, 7) is 5.55. The van der Waals surface area contributed by atoms with Gasteiger partial charge >= 0.3 is 0 Å². The summed E-state index contributed by atoms with van der Waals surface area (Å²) in [6.07, 6.45) is 0. The van der Waals surface area contributed by atoms with Gasteiger partial charge in [-0.1, -0.05) is 43.3 Å². The molecule has 2 nitrogen and oxygen atoms in total. The van der Waals surface area contributed by atoms with Crippen LogP contribution in [-0.2, 0) is 0 Å². The number of hydrogen-bond donors (Lipinski definition) is 0. The lowest BCUT2D eigenvalue weighted by Crippen LogP contribution is -2.30. The third-order valence-corrected chi connectivity index (χ3v) is 6.00. The van der Waals surface area contributed by atoms with E-state index in [-0.39, 0.29) is 0 Å². The van der Waals surface area contributed by atoms with Crippen molar-refractivity contribution in [2.75, 3.05) is 18.3 Å². The van der Waals surface area contributed by atoms with E-state index in [4.69, 9.17) is 11.2 Å². The lowest BCUT2D eigenvalue weighted by atomic mass is 10.0. The number of nitrogens with zero attached hydrogens (tertiary/aromatic N) is 2. The third-order valence-electron chi connectivity index (χ3n) is 3.12. The predicted molar refractivity (Wildman–Crippen MR) is 73.0 cm³/mol. The minimum atomic E-state index is -0.699. The van der Waals surface area contributed by atoms with Gasteiger partial charge < -0.3 is 4.67 Å². The fraction of sp³-hybridized carbons (Fsp3) is 0.500. The molecule has 0 radical (unpaired) electrons. The summed E-state index contributed by atoms with van der Waals surface area (Å²) in [5, 5.41) is 0. The topological polar surface area (TPSA) is 6.48 Å². The van der Waals surface area contributed by atoms with E-state index in [1.165, 1.54) is 5.69 Å². The minimum absolute atomic E-state index is 0.559. The molecule has 1 unspecified atom stereocenters. The van der Waals surface area contributed by atoms with Crippen LogP contribution < -0.4 is 4.67 Å². The Morgan fingerprint density at radius 2 is 1.94 bits per heavy atom. The Balaban J connectivity index is 2.20. The standard InChI is InChI=1S/C12H18ClN2P/c1-10(2)12-9-15(16(13)14(12)3)11-7-5-4-6-8-11/h4-8,10,12H,9H2,1-3H3/t12-,16?/m1/s1. The van der Waals surface area contributed by atoms with Crippen LogP contribution in [0.1, 0.15) is 13.8 Å². The zero-order chi connectivity index (χ0) is 11.7. The number of para-hydroxylation sites is 1. The quantitative estimate of drug-likeness (QED) is 0.740. The molecule has 0 aromatic heterocycles. The van der Waals surface area contributed by atoms with Gasteiger partial charge in [-0.3, -0.25) is 4.67 Å². The lowest BCUT2D eigenvalue weighted by molar-refractivity contribution is 0.342. The molecule has 2 atom stereocenters. The first-order valence-corrected chi connectivity index (χ1v) is 7.77. The second-order valence-electron chi connectivity index (χ2n) is 4.54. The molecule has 1 aromatic carbocycles. The average molecular weight is 257 g/mol. The van der Waals surface area contributed by atoms with Crippen molar-refractivity contribution in [1.29, 1.82) is 0 Å². The first-order chi connectivity index (χ1) is 7.61. The SMILES string of the molecule is CC(C)[C@H]1CN(c2ccccc2)P(Cl)N1C. The van der Waals surface area contributed by atoms with Gasteiger partial charge in [-0.2, -0.15) is 0 Å². The van der Waals surface area contributed by atoms with E-state index in [2.05, 4.69) is 54.5 Å². The van der Waals surface area contributed by atoms with Gasteiger partial charge in [-0.25, -0.2) is 0 Å². The first-order valence-electron chi connectivity index (χ1n) is 5.62. The van der Waals surface area contributed by atoms with Crippen LogP contribution in [0.25, 0.3) is 0 Å². The Morgan fingerprint density at radius 3 is 2.44 bits per heavy atom. The molecule has 16 heavy (non-hydrogen) atoms. The summed E-state index contributed by atoms with van der Waals surface area (Å²) in [6, 6.07) is 11.0. The molecule has 0 N–H and O–H groups in total. The molecule has 88 valence electrons. The van der Waals surface area contributed by atoms with Crippen molar-refractivity contribution in [3.63, 3.8) is 0 Å². The summed E-state index contributed by atoms with van der Waals surface area (Å²) < 4.78 is 4.64. The van der Waals surface area contributed by atoms with Crippen molar-refractivity contribution in [3.05, 3.63) is 30.3 Å². The third kappa shape index (κ3) is 2.20. The molecule has 1 saturated heterocycles. The smallest absolute Gasteiger partial charge is 0.168 e. The predicted octanol–water partition coefficient (Wildman–Crippen LogP) is 3.93. The van der Waals surface area contributed by atoms with Crippen LogP contribution in [0.4, 0.5) is 5.69 Å². The normalized spacial score (nSPS) is 26.7. The van der Waals surface area contributed by atoms with Crippen molar-refractivity contribution in [1.82, 2.24) is 4.67 Å². The molecule has 0 bridgehead atoms. The molecular weight excluding hydrogens is 239 g/mol. The minimum Gasteiger partial charge on any atom is -0.324 e. The monoisotopic (exact) mass is 256 g/mol. The van der Waals surface area contributed by atoms with Crippen molar-refractivity contribution < 1.29 is 0 Å². The van der Waals surface area contributed by atoms with E-state index < -0.39 is 7.58 Å². The summed E-state index contributed by atoms with van der Waals surface area (Å²) in [4.78, 5) is 0. The first kappa shape index (κ1) is 12.2. The Morgan fingerprint density at radius 1 is 1.31 bits per heavy atom. The molecule has 1 aliphatic rings. The molecule has 1 aromatic rings. The number of rotatable bonds is 2. The lowest BCUT2D eigenvalue weighted by Gasteiger charge is -2.24. The highest BCUT2D eigenvalue weighted by Gasteiger charge is 2.37. The molecule has 4 heteroatoms. The number of halogens is 1. The maximum absolute atomic E-state index is 6.52. The Kier molecular flexibility index (Phi) is 3.73. The summed E-state index contributed by atoms with van der Waals surface area (Å²) >= 11 is 6.52. The van der Waals surface area contributed by atoms with Gasteiger partial charge in [-0.05, 0) is 25.1 Å². The summed E-state index contributed by atoms with van der Waals surface area (Å²) in [5.41, 5.74) is 1.23. The van der Waals surface area contributed by atoms with Gasteiger partial charge in [0.1, 0.15) is 0 Å². The molecule has 1 fully saturated rings. The maximum Gasteiger partial charge on any atom is 0.168 e. The van der Waals surface area contributed by atoms with Crippen LogP contribution in [0.3, 0.4) is 0 Å². The second kappa shape index (κ2) is 4.91. The largest absolute Gasteiger partial charge is 0.324 e. The summed E-state index contributed by atoms with van der Waals surface area (Å²) in [7, 11) is 1.43. The van der Waals surface area contributed by atoms with Crippen LogP contribution >= 0.6 is 18.8 Å². The van der Waals surface area contributed by atoms with E-state index >= 15 is 0 Å². The Bertz CT molecular complexity index is 344. The molecule has 0 amide bonds. The Labute approximate surface area is 104 Å². The molecule has 0 aliphatic carbocycles. The highest BCUT2D eigenvalue weighted by molar-refractivity contribution is 7.83. The molecule has 0 spiro atoms. The molecule has 1 aliphatic heterocycles. The van der Waals surface area contributed by atoms with Crippen LogP contribution in [0.2, 0.25) is 0 Å². The van der Waals surface area contributed by atoms with E-state index in [0.717, 1.165) is 6.54 Å². The molecule has 0 saturated carbocycles. The average Bonchev–Trinajstić information content (AvgIpc) is 2.58. The van der Waals surface area contributed by atoms with Gasteiger partial charge in [-0.15, -0.1) is 0 Å².